The van der Waals surface area contributed by atoms with Crippen molar-refractivity contribution in [1.29, 1.82) is 0 Å². The smallest absolute Gasteiger partial charge is 0.342 e. The second-order valence-electron chi connectivity index (χ2n) is 6.91. The maximum atomic E-state index is 12.1. The average Bonchev–Trinajstić information content (AvgIpc) is 3.56. The third-order valence-electron chi connectivity index (χ3n) is 4.52. The van der Waals surface area contributed by atoms with Crippen molar-refractivity contribution in [3.05, 3.63) is 77.4 Å². The number of aromatic nitrogens is 2. The molecule has 0 bridgehead atoms. The van der Waals surface area contributed by atoms with Gasteiger partial charge in [0.2, 0.25) is 5.95 Å². The van der Waals surface area contributed by atoms with Crippen molar-refractivity contribution in [3.8, 4) is 0 Å². The van der Waals surface area contributed by atoms with Crippen molar-refractivity contribution in [3.63, 3.8) is 0 Å². The topological polar surface area (TPSA) is 87.1 Å². The van der Waals surface area contributed by atoms with E-state index in [1.54, 1.807) is 0 Å². The maximum Gasteiger partial charge on any atom is 0.342 e. The molecule has 29 heavy (non-hydrogen) atoms. The Bertz CT molecular complexity index is 914. The highest BCUT2D eigenvalue weighted by molar-refractivity contribution is 7.98. The predicted molar refractivity (Wildman–Crippen MR) is 115 cm³/mol. The minimum atomic E-state index is -1.03. The number of carbonyl (C=O) groups is 1. The Morgan fingerprint density at radius 1 is 1.00 bits per heavy atom. The predicted octanol–water partition coefficient (Wildman–Crippen LogP) is 4.65. The molecule has 0 radical (unpaired) electrons. The lowest BCUT2D eigenvalue weighted by molar-refractivity contribution is 0.0693. The number of hydrogen-bond donors (Lipinski definition) is 3. The second kappa shape index (κ2) is 8.96. The summed E-state index contributed by atoms with van der Waals surface area (Å²) in [5.74, 6) is 0.423. The van der Waals surface area contributed by atoms with E-state index in [4.69, 9.17) is 0 Å². The number of aromatic carboxylic acids is 1. The Balaban J connectivity index is 1.62. The van der Waals surface area contributed by atoms with Gasteiger partial charge < -0.3 is 15.7 Å². The van der Waals surface area contributed by atoms with Crippen LogP contribution in [0.15, 0.2) is 65.7 Å². The van der Waals surface area contributed by atoms with E-state index in [-0.39, 0.29) is 5.56 Å². The Morgan fingerprint density at radius 2 is 1.66 bits per heavy atom. The van der Waals surface area contributed by atoms with Crippen LogP contribution in [0.3, 0.4) is 0 Å². The van der Waals surface area contributed by atoms with Gasteiger partial charge in [-0.2, -0.15) is 4.98 Å². The summed E-state index contributed by atoms with van der Waals surface area (Å²) < 4.78 is 0. The largest absolute Gasteiger partial charge is 0.477 e. The monoisotopic (exact) mass is 406 g/mol. The average molecular weight is 407 g/mol. The van der Waals surface area contributed by atoms with E-state index in [2.05, 4.69) is 20.6 Å². The number of nitrogens with one attached hydrogen (secondary N) is 2. The van der Waals surface area contributed by atoms with E-state index in [0.717, 1.165) is 24.0 Å². The van der Waals surface area contributed by atoms with E-state index < -0.39 is 5.97 Å². The molecule has 1 aliphatic carbocycles. The van der Waals surface area contributed by atoms with Gasteiger partial charge in [-0.05, 0) is 24.0 Å². The molecule has 4 rings (SSSR count). The van der Waals surface area contributed by atoms with Crippen LogP contribution < -0.4 is 10.6 Å². The SMILES string of the molecule is O=C(O)c1c(NCc2ccccc2)nc(NC2CC2)nc1SCc1ccccc1. The molecule has 1 aromatic heterocycles. The van der Waals surface area contributed by atoms with Crippen molar-refractivity contribution in [2.75, 3.05) is 10.6 Å². The molecular formula is C22H22N4O2S. The number of benzene rings is 2. The summed E-state index contributed by atoms with van der Waals surface area (Å²) in [6.45, 7) is 0.490. The van der Waals surface area contributed by atoms with Crippen LogP contribution in [0.1, 0.15) is 34.3 Å². The number of thioether (sulfide) groups is 1. The Hall–Kier alpha value is -3.06. The summed E-state index contributed by atoms with van der Waals surface area (Å²) >= 11 is 1.41. The van der Waals surface area contributed by atoms with Crippen molar-refractivity contribution < 1.29 is 9.90 Å². The fraction of sp³-hybridized carbons (Fsp3) is 0.227. The zero-order chi connectivity index (χ0) is 20.1. The van der Waals surface area contributed by atoms with Crippen molar-refractivity contribution in [2.24, 2.45) is 0 Å². The molecule has 1 saturated carbocycles. The lowest BCUT2D eigenvalue weighted by Crippen LogP contribution is -2.15. The van der Waals surface area contributed by atoms with Gasteiger partial charge >= 0.3 is 5.97 Å². The highest BCUT2D eigenvalue weighted by Crippen LogP contribution is 2.32. The zero-order valence-electron chi connectivity index (χ0n) is 15.8. The van der Waals surface area contributed by atoms with Gasteiger partial charge in [0.1, 0.15) is 16.4 Å². The Kier molecular flexibility index (Phi) is 5.95. The minimum Gasteiger partial charge on any atom is -0.477 e. The summed E-state index contributed by atoms with van der Waals surface area (Å²) in [5, 5.41) is 16.8. The summed E-state index contributed by atoms with van der Waals surface area (Å²) in [6, 6.07) is 20.2. The quantitative estimate of drug-likeness (QED) is 0.352. The molecule has 0 saturated heterocycles. The van der Waals surface area contributed by atoms with Crippen LogP contribution in [0.25, 0.3) is 0 Å². The van der Waals surface area contributed by atoms with Crippen LogP contribution in [0, 0.1) is 0 Å². The number of anilines is 2. The molecule has 7 heteroatoms. The molecule has 1 fully saturated rings. The first-order valence-electron chi connectivity index (χ1n) is 9.55. The minimum absolute atomic E-state index is 0.114. The van der Waals surface area contributed by atoms with Gasteiger partial charge in [-0.25, -0.2) is 9.78 Å². The van der Waals surface area contributed by atoms with Crippen LogP contribution in [0.2, 0.25) is 0 Å². The van der Waals surface area contributed by atoms with E-state index in [0.29, 0.717) is 35.1 Å². The van der Waals surface area contributed by atoms with Crippen LogP contribution in [-0.4, -0.2) is 27.1 Å². The molecule has 0 spiro atoms. The molecule has 148 valence electrons. The van der Waals surface area contributed by atoms with Crippen molar-refractivity contribution in [1.82, 2.24) is 9.97 Å². The second-order valence-corrected chi connectivity index (χ2v) is 7.88. The van der Waals surface area contributed by atoms with E-state index in [9.17, 15) is 9.90 Å². The van der Waals surface area contributed by atoms with Gasteiger partial charge in [-0.3, -0.25) is 0 Å². The summed E-state index contributed by atoms with van der Waals surface area (Å²) in [5.41, 5.74) is 2.28. The Labute approximate surface area is 173 Å². The molecule has 0 amide bonds. The summed E-state index contributed by atoms with van der Waals surface area (Å²) in [4.78, 5) is 21.1. The van der Waals surface area contributed by atoms with Gasteiger partial charge in [0.05, 0.1) is 0 Å². The normalized spacial score (nSPS) is 13.1. The fourth-order valence-electron chi connectivity index (χ4n) is 2.85. The fourth-order valence-corrected chi connectivity index (χ4v) is 3.82. The molecule has 0 unspecified atom stereocenters. The standard InChI is InChI=1S/C22H22N4O2S/c27-21(28)18-19(23-13-15-7-3-1-4-8-15)25-22(24-17-11-12-17)26-20(18)29-14-16-9-5-2-6-10-16/h1-10,17H,11-14H2,(H,27,28)(H2,23,24,25,26). The number of hydrogen-bond acceptors (Lipinski definition) is 6. The van der Waals surface area contributed by atoms with Gasteiger partial charge in [0.25, 0.3) is 0 Å². The van der Waals surface area contributed by atoms with Crippen molar-refractivity contribution >= 4 is 29.5 Å². The maximum absolute atomic E-state index is 12.1. The summed E-state index contributed by atoms with van der Waals surface area (Å²) in [6.07, 6.45) is 2.17. The third-order valence-corrected chi connectivity index (χ3v) is 5.57. The molecule has 0 atom stereocenters. The number of rotatable bonds is 9. The van der Waals surface area contributed by atoms with Gasteiger partial charge in [0.15, 0.2) is 0 Å². The number of nitrogens with zero attached hydrogens (tertiary/aromatic N) is 2. The van der Waals surface area contributed by atoms with Crippen LogP contribution in [0.4, 0.5) is 11.8 Å². The Morgan fingerprint density at radius 3 is 2.28 bits per heavy atom. The first-order chi connectivity index (χ1) is 14.2. The molecule has 1 aliphatic rings. The number of carboxylic acid groups (broad SMARTS) is 1. The van der Waals surface area contributed by atoms with E-state index >= 15 is 0 Å². The lowest BCUT2D eigenvalue weighted by atomic mass is 10.2. The summed E-state index contributed by atoms with van der Waals surface area (Å²) in [7, 11) is 0. The van der Waals surface area contributed by atoms with Gasteiger partial charge in [-0.15, -0.1) is 11.8 Å². The molecule has 1 heterocycles. The molecule has 2 aromatic carbocycles. The molecular weight excluding hydrogens is 384 g/mol. The highest BCUT2D eigenvalue weighted by Gasteiger charge is 2.25. The van der Waals surface area contributed by atoms with Crippen LogP contribution >= 0.6 is 11.8 Å². The molecule has 3 aromatic rings. The van der Waals surface area contributed by atoms with E-state index in [1.807, 2.05) is 60.7 Å². The van der Waals surface area contributed by atoms with E-state index in [1.165, 1.54) is 11.8 Å². The lowest BCUT2D eigenvalue weighted by Gasteiger charge is -2.14. The zero-order valence-corrected chi connectivity index (χ0v) is 16.7. The third kappa shape index (κ3) is 5.26. The molecule has 0 aliphatic heterocycles. The van der Waals surface area contributed by atoms with Crippen LogP contribution in [0.5, 0.6) is 0 Å². The van der Waals surface area contributed by atoms with Gasteiger partial charge in [-0.1, -0.05) is 60.7 Å². The first kappa shape index (κ1) is 19.3. The number of carboxylic acids is 1. The van der Waals surface area contributed by atoms with Gasteiger partial charge in [0, 0.05) is 18.3 Å². The first-order valence-corrected chi connectivity index (χ1v) is 10.5. The highest BCUT2D eigenvalue weighted by atomic mass is 32.2. The van der Waals surface area contributed by atoms with Crippen molar-refractivity contribution in [2.45, 2.75) is 36.2 Å². The van der Waals surface area contributed by atoms with Crippen LogP contribution in [-0.2, 0) is 12.3 Å². The molecule has 6 nitrogen and oxygen atoms in total. The molecule has 3 N–H and O–H groups in total.